The highest BCUT2D eigenvalue weighted by atomic mass is 16.1. The van der Waals surface area contributed by atoms with Gasteiger partial charge < -0.3 is 5.32 Å². The number of aryl methyl sites for hydroxylation is 1. The summed E-state index contributed by atoms with van der Waals surface area (Å²) in [5.74, 6) is -0.0643. The van der Waals surface area contributed by atoms with Gasteiger partial charge in [0.25, 0.3) is 5.91 Å². The van der Waals surface area contributed by atoms with Crippen molar-refractivity contribution in [3.05, 3.63) is 83.7 Å². The first kappa shape index (κ1) is 14.1. The van der Waals surface area contributed by atoms with Crippen LogP contribution in [0.5, 0.6) is 0 Å². The third kappa shape index (κ3) is 3.06. The molecule has 0 atom stereocenters. The highest BCUT2D eigenvalue weighted by Crippen LogP contribution is 2.09. The molecule has 0 saturated carbocycles. The molecule has 0 bridgehead atoms. The number of nitrogens with zero attached hydrogens (tertiary/aromatic N) is 2. The van der Waals surface area contributed by atoms with Gasteiger partial charge in [0.15, 0.2) is 0 Å². The lowest BCUT2D eigenvalue weighted by molar-refractivity contribution is 0.0950. The summed E-state index contributed by atoms with van der Waals surface area (Å²) >= 11 is 0. The Morgan fingerprint density at radius 3 is 2.59 bits per heavy atom. The van der Waals surface area contributed by atoms with Crippen molar-refractivity contribution < 1.29 is 4.79 Å². The van der Waals surface area contributed by atoms with Gasteiger partial charge in [-0.2, -0.15) is 5.10 Å². The van der Waals surface area contributed by atoms with Crippen molar-refractivity contribution in [1.29, 1.82) is 0 Å². The summed E-state index contributed by atoms with van der Waals surface area (Å²) in [4.78, 5) is 12.2. The number of hydrogen-bond acceptors (Lipinski definition) is 2. The molecule has 0 radical (unpaired) electrons. The van der Waals surface area contributed by atoms with Gasteiger partial charge in [-0.15, -0.1) is 0 Å². The predicted octanol–water partition coefficient (Wildman–Crippen LogP) is 3.11. The van der Waals surface area contributed by atoms with E-state index in [4.69, 9.17) is 0 Å². The molecule has 1 heterocycles. The zero-order valence-corrected chi connectivity index (χ0v) is 12.4. The molecule has 110 valence electrons. The lowest BCUT2D eigenvalue weighted by Crippen LogP contribution is -2.23. The van der Waals surface area contributed by atoms with Crippen LogP contribution < -0.4 is 5.32 Å². The van der Waals surface area contributed by atoms with E-state index in [2.05, 4.69) is 10.4 Å². The van der Waals surface area contributed by atoms with E-state index in [9.17, 15) is 4.79 Å². The van der Waals surface area contributed by atoms with Crippen molar-refractivity contribution in [2.45, 2.75) is 13.5 Å². The van der Waals surface area contributed by atoms with E-state index in [1.807, 2.05) is 67.7 Å². The summed E-state index contributed by atoms with van der Waals surface area (Å²) in [5, 5.41) is 7.25. The number of rotatable bonds is 4. The van der Waals surface area contributed by atoms with Crippen molar-refractivity contribution in [3.63, 3.8) is 0 Å². The number of aromatic nitrogens is 2. The maximum Gasteiger partial charge on any atom is 0.251 e. The fourth-order valence-electron chi connectivity index (χ4n) is 2.28. The van der Waals surface area contributed by atoms with Crippen LogP contribution in [0.2, 0.25) is 0 Å². The first-order valence-corrected chi connectivity index (χ1v) is 7.17. The predicted molar refractivity (Wildman–Crippen MR) is 85.9 cm³/mol. The van der Waals surface area contributed by atoms with Crippen LogP contribution in [0.15, 0.2) is 67.0 Å². The van der Waals surface area contributed by atoms with E-state index in [-0.39, 0.29) is 5.91 Å². The molecule has 2 aromatic carbocycles. The molecule has 3 rings (SSSR count). The second-order valence-corrected chi connectivity index (χ2v) is 5.13. The van der Waals surface area contributed by atoms with Crippen molar-refractivity contribution in [2.24, 2.45) is 0 Å². The molecule has 1 N–H and O–H groups in total. The maximum atomic E-state index is 12.2. The number of para-hydroxylation sites is 1. The Morgan fingerprint density at radius 2 is 1.82 bits per heavy atom. The molecule has 1 amide bonds. The molecule has 0 saturated heterocycles. The van der Waals surface area contributed by atoms with Gasteiger partial charge in [0.2, 0.25) is 0 Å². The zero-order valence-electron chi connectivity index (χ0n) is 12.4. The van der Waals surface area contributed by atoms with E-state index in [1.165, 1.54) is 0 Å². The Balaban J connectivity index is 1.67. The van der Waals surface area contributed by atoms with Gasteiger partial charge in [-0.05, 0) is 30.7 Å². The molecule has 22 heavy (non-hydrogen) atoms. The molecule has 3 aromatic rings. The molecule has 0 aliphatic rings. The molecule has 4 nitrogen and oxygen atoms in total. The monoisotopic (exact) mass is 291 g/mol. The molecule has 0 spiro atoms. The van der Waals surface area contributed by atoms with Crippen LogP contribution >= 0.6 is 0 Å². The third-order valence-corrected chi connectivity index (χ3v) is 3.50. The smallest absolute Gasteiger partial charge is 0.251 e. The van der Waals surface area contributed by atoms with Gasteiger partial charge in [0.05, 0.1) is 11.9 Å². The average molecular weight is 291 g/mol. The minimum absolute atomic E-state index is 0.0643. The molecule has 0 fully saturated rings. The summed E-state index contributed by atoms with van der Waals surface area (Å²) in [6.45, 7) is 2.39. The second-order valence-electron chi connectivity index (χ2n) is 5.13. The number of carbonyl (C=O) groups is 1. The van der Waals surface area contributed by atoms with Crippen molar-refractivity contribution >= 4 is 5.91 Å². The van der Waals surface area contributed by atoms with E-state index >= 15 is 0 Å². The summed E-state index contributed by atoms with van der Waals surface area (Å²) in [6.07, 6.45) is 3.69. The lowest BCUT2D eigenvalue weighted by Gasteiger charge is -2.06. The van der Waals surface area contributed by atoms with Crippen molar-refractivity contribution in [3.8, 4) is 5.69 Å². The topological polar surface area (TPSA) is 46.9 Å². The fourth-order valence-corrected chi connectivity index (χ4v) is 2.28. The van der Waals surface area contributed by atoms with Gasteiger partial charge in [0.1, 0.15) is 0 Å². The summed E-state index contributed by atoms with van der Waals surface area (Å²) in [7, 11) is 0. The lowest BCUT2D eigenvalue weighted by atomic mass is 10.1. The largest absolute Gasteiger partial charge is 0.348 e. The Morgan fingerprint density at radius 1 is 1.09 bits per heavy atom. The molecular weight excluding hydrogens is 274 g/mol. The standard InChI is InChI=1S/C18H17N3O/c1-14-7-5-6-10-17(14)18(22)19-11-15-12-20-21(13-15)16-8-3-2-4-9-16/h2-10,12-13H,11H2,1H3,(H,19,22). The molecule has 0 unspecified atom stereocenters. The van der Waals surface area contributed by atoms with Gasteiger partial charge in [-0.3, -0.25) is 4.79 Å². The SMILES string of the molecule is Cc1ccccc1C(=O)NCc1cnn(-c2ccccc2)c1. The van der Waals surface area contributed by atoms with Crippen LogP contribution in [0.3, 0.4) is 0 Å². The normalized spacial score (nSPS) is 10.4. The van der Waals surface area contributed by atoms with Gasteiger partial charge >= 0.3 is 0 Å². The van der Waals surface area contributed by atoms with E-state index < -0.39 is 0 Å². The van der Waals surface area contributed by atoms with Gasteiger partial charge in [0, 0.05) is 23.9 Å². The molecule has 0 aliphatic heterocycles. The maximum absolute atomic E-state index is 12.2. The first-order valence-electron chi connectivity index (χ1n) is 7.17. The zero-order chi connectivity index (χ0) is 15.4. The van der Waals surface area contributed by atoms with E-state index in [0.717, 1.165) is 16.8 Å². The number of nitrogens with one attached hydrogen (secondary N) is 1. The first-order chi connectivity index (χ1) is 10.7. The Hall–Kier alpha value is -2.88. The highest BCUT2D eigenvalue weighted by molar-refractivity contribution is 5.95. The Kier molecular flexibility index (Phi) is 4.01. The summed E-state index contributed by atoms with van der Waals surface area (Å²) in [5.41, 5.74) is 3.64. The molecule has 0 aliphatic carbocycles. The van der Waals surface area contributed by atoms with Crippen LogP contribution in [0.4, 0.5) is 0 Å². The highest BCUT2D eigenvalue weighted by Gasteiger charge is 2.08. The fraction of sp³-hybridized carbons (Fsp3) is 0.111. The van der Waals surface area contributed by atoms with Crippen LogP contribution in [-0.4, -0.2) is 15.7 Å². The van der Waals surface area contributed by atoms with Crippen LogP contribution in [0, 0.1) is 6.92 Å². The third-order valence-electron chi connectivity index (χ3n) is 3.50. The van der Waals surface area contributed by atoms with Crippen molar-refractivity contribution in [2.75, 3.05) is 0 Å². The minimum atomic E-state index is -0.0643. The molecule has 1 aromatic heterocycles. The Labute approximate surface area is 129 Å². The number of amides is 1. The second kappa shape index (κ2) is 6.26. The number of hydrogen-bond donors (Lipinski definition) is 1. The van der Waals surface area contributed by atoms with E-state index in [0.29, 0.717) is 12.1 Å². The number of benzene rings is 2. The van der Waals surface area contributed by atoms with E-state index in [1.54, 1.807) is 10.9 Å². The number of carbonyl (C=O) groups excluding carboxylic acids is 1. The van der Waals surface area contributed by atoms with Crippen LogP contribution in [0.1, 0.15) is 21.5 Å². The van der Waals surface area contributed by atoms with Crippen LogP contribution in [-0.2, 0) is 6.54 Å². The Bertz CT molecular complexity index is 778. The van der Waals surface area contributed by atoms with Gasteiger partial charge in [-0.25, -0.2) is 4.68 Å². The average Bonchev–Trinajstić information content (AvgIpc) is 3.03. The van der Waals surface area contributed by atoms with Crippen LogP contribution in [0.25, 0.3) is 5.69 Å². The van der Waals surface area contributed by atoms with Crippen molar-refractivity contribution in [1.82, 2.24) is 15.1 Å². The molecular formula is C18H17N3O. The molecule has 4 heteroatoms. The van der Waals surface area contributed by atoms with Gasteiger partial charge in [-0.1, -0.05) is 36.4 Å². The quantitative estimate of drug-likeness (QED) is 0.803. The summed E-state index contributed by atoms with van der Waals surface area (Å²) < 4.78 is 1.80. The minimum Gasteiger partial charge on any atom is -0.348 e. The summed E-state index contributed by atoms with van der Waals surface area (Å²) in [6, 6.07) is 17.4.